The van der Waals surface area contributed by atoms with Gasteiger partial charge >= 0.3 is 0 Å². The van der Waals surface area contributed by atoms with Crippen LogP contribution in [-0.2, 0) is 4.74 Å². The van der Waals surface area contributed by atoms with Crippen LogP contribution in [0.4, 0.5) is 4.39 Å². The smallest absolute Gasteiger partial charge is 0.161 e. The van der Waals surface area contributed by atoms with Crippen LogP contribution in [0.25, 0.3) is 0 Å². The summed E-state index contributed by atoms with van der Waals surface area (Å²) in [6.07, 6.45) is 5.39. The third kappa shape index (κ3) is 2.10. The highest BCUT2D eigenvalue weighted by Crippen LogP contribution is 2.26. The van der Waals surface area contributed by atoms with Crippen molar-refractivity contribution in [2.75, 3.05) is 6.61 Å². The lowest BCUT2D eigenvalue weighted by atomic mass is 9.97. The second-order valence-electron chi connectivity index (χ2n) is 2.92. The van der Waals surface area contributed by atoms with Gasteiger partial charge in [0.05, 0.1) is 6.61 Å². The van der Waals surface area contributed by atoms with Crippen molar-refractivity contribution in [1.82, 2.24) is 0 Å². The average molecular weight is 170 g/mol. The van der Waals surface area contributed by atoms with Gasteiger partial charge in [-0.2, -0.15) is 0 Å². The maximum absolute atomic E-state index is 13.1. The molecule has 0 bridgehead atoms. The highest BCUT2D eigenvalue weighted by atomic mass is 19.1. The highest BCUT2D eigenvalue weighted by molar-refractivity contribution is 5.24. The molecule has 1 aliphatic carbocycles. The lowest BCUT2D eigenvalue weighted by Gasteiger charge is -2.15. The Hall–Kier alpha value is -0.790. The molecule has 0 heterocycles. The molecule has 0 radical (unpaired) electrons. The summed E-state index contributed by atoms with van der Waals surface area (Å²) < 4.78 is 18.2. The summed E-state index contributed by atoms with van der Waals surface area (Å²) in [6.45, 7) is 4.46. The summed E-state index contributed by atoms with van der Waals surface area (Å²) in [5.74, 6) is 0.575. The molecule has 0 aromatic rings. The van der Waals surface area contributed by atoms with Crippen LogP contribution in [0.15, 0.2) is 23.7 Å². The third-order valence-electron chi connectivity index (χ3n) is 2.05. The Morgan fingerprint density at radius 3 is 2.83 bits per heavy atom. The van der Waals surface area contributed by atoms with E-state index in [1.165, 1.54) is 0 Å². The van der Waals surface area contributed by atoms with Crippen LogP contribution in [0, 0.1) is 5.92 Å². The van der Waals surface area contributed by atoms with E-state index < -0.39 is 0 Å². The van der Waals surface area contributed by atoms with Crippen LogP contribution in [0.5, 0.6) is 0 Å². The zero-order valence-electron chi connectivity index (χ0n) is 7.64. The standard InChI is InChI=1S/C10H15FO/c1-3-8-5-6-10(12-4-2)9(11)7-8/h6-8H,3-5H2,1-2H3. The van der Waals surface area contributed by atoms with Gasteiger partial charge in [0.25, 0.3) is 0 Å². The molecular weight excluding hydrogens is 155 g/mol. The molecule has 0 saturated carbocycles. The van der Waals surface area contributed by atoms with Crippen LogP contribution in [0.1, 0.15) is 26.7 Å². The molecule has 0 aliphatic heterocycles. The molecule has 0 spiro atoms. The molecule has 68 valence electrons. The number of halogens is 1. The topological polar surface area (TPSA) is 9.23 Å². The van der Waals surface area contributed by atoms with Gasteiger partial charge in [-0.25, -0.2) is 4.39 Å². The molecule has 1 unspecified atom stereocenters. The Morgan fingerprint density at radius 1 is 1.58 bits per heavy atom. The predicted molar refractivity (Wildman–Crippen MR) is 47.3 cm³/mol. The summed E-state index contributed by atoms with van der Waals surface area (Å²) in [4.78, 5) is 0. The van der Waals surface area contributed by atoms with Gasteiger partial charge in [-0.15, -0.1) is 0 Å². The van der Waals surface area contributed by atoms with Crippen molar-refractivity contribution in [2.24, 2.45) is 5.92 Å². The summed E-state index contributed by atoms with van der Waals surface area (Å²) in [7, 11) is 0. The van der Waals surface area contributed by atoms with Gasteiger partial charge in [-0.05, 0) is 37.8 Å². The molecule has 0 amide bonds. The zero-order valence-corrected chi connectivity index (χ0v) is 7.64. The Kier molecular flexibility index (Phi) is 3.32. The van der Waals surface area contributed by atoms with Crippen LogP contribution in [0.2, 0.25) is 0 Å². The fourth-order valence-electron chi connectivity index (χ4n) is 1.28. The zero-order chi connectivity index (χ0) is 8.97. The third-order valence-corrected chi connectivity index (χ3v) is 2.05. The summed E-state index contributed by atoms with van der Waals surface area (Å²) in [5.41, 5.74) is 0. The van der Waals surface area contributed by atoms with Crippen molar-refractivity contribution in [1.29, 1.82) is 0 Å². The van der Waals surface area contributed by atoms with Gasteiger partial charge < -0.3 is 4.74 Å². The monoisotopic (exact) mass is 170 g/mol. The normalized spacial score (nSPS) is 23.1. The summed E-state index contributed by atoms with van der Waals surface area (Å²) in [6, 6.07) is 0. The van der Waals surface area contributed by atoms with Gasteiger partial charge in [-0.3, -0.25) is 0 Å². The van der Waals surface area contributed by atoms with E-state index in [4.69, 9.17) is 4.74 Å². The lowest BCUT2D eigenvalue weighted by Crippen LogP contribution is -2.03. The first-order chi connectivity index (χ1) is 5.77. The van der Waals surface area contributed by atoms with E-state index in [9.17, 15) is 4.39 Å². The van der Waals surface area contributed by atoms with Crippen LogP contribution in [-0.4, -0.2) is 6.61 Å². The quantitative estimate of drug-likeness (QED) is 0.632. The van der Waals surface area contributed by atoms with Gasteiger partial charge in [-0.1, -0.05) is 6.92 Å². The van der Waals surface area contributed by atoms with Crippen molar-refractivity contribution >= 4 is 0 Å². The van der Waals surface area contributed by atoms with E-state index in [-0.39, 0.29) is 5.83 Å². The average Bonchev–Trinajstić information content (AvgIpc) is 2.09. The lowest BCUT2D eigenvalue weighted by molar-refractivity contribution is 0.219. The minimum absolute atomic E-state index is 0.199. The Labute approximate surface area is 72.9 Å². The van der Waals surface area contributed by atoms with E-state index in [0.717, 1.165) is 12.8 Å². The second kappa shape index (κ2) is 4.29. The number of ether oxygens (including phenoxy) is 1. The molecule has 0 N–H and O–H groups in total. The van der Waals surface area contributed by atoms with Crippen LogP contribution >= 0.6 is 0 Å². The van der Waals surface area contributed by atoms with Crippen molar-refractivity contribution in [2.45, 2.75) is 26.7 Å². The van der Waals surface area contributed by atoms with Crippen molar-refractivity contribution in [3.8, 4) is 0 Å². The Bertz CT molecular complexity index is 206. The van der Waals surface area contributed by atoms with E-state index in [2.05, 4.69) is 6.92 Å². The maximum atomic E-state index is 13.1. The molecule has 2 heteroatoms. The minimum Gasteiger partial charge on any atom is -0.491 e. The fraction of sp³-hybridized carbons (Fsp3) is 0.600. The van der Waals surface area contributed by atoms with Gasteiger partial charge in [0, 0.05) is 0 Å². The number of hydrogen-bond donors (Lipinski definition) is 0. The van der Waals surface area contributed by atoms with E-state index in [0.29, 0.717) is 18.3 Å². The largest absolute Gasteiger partial charge is 0.491 e. The van der Waals surface area contributed by atoms with E-state index in [1.54, 1.807) is 6.08 Å². The number of hydrogen-bond acceptors (Lipinski definition) is 1. The Balaban J connectivity index is 2.59. The van der Waals surface area contributed by atoms with Gasteiger partial charge in [0.1, 0.15) is 0 Å². The van der Waals surface area contributed by atoms with Crippen molar-refractivity contribution in [3.05, 3.63) is 23.7 Å². The molecule has 1 nitrogen and oxygen atoms in total. The van der Waals surface area contributed by atoms with Gasteiger partial charge in [0.2, 0.25) is 0 Å². The highest BCUT2D eigenvalue weighted by Gasteiger charge is 2.14. The van der Waals surface area contributed by atoms with Gasteiger partial charge in [0.15, 0.2) is 11.6 Å². The molecule has 12 heavy (non-hydrogen) atoms. The van der Waals surface area contributed by atoms with Crippen molar-refractivity contribution in [3.63, 3.8) is 0 Å². The van der Waals surface area contributed by atoms with Crippen molar-refractivity contribution < 1.29 is 9.13 Å². The fourth-order valence-corrected chi connectivity index (χ4v) is 1.28. The first-order valence-electron chi connectivity index (χ1n) is 4.48. The maximum Gasteiger partial charge on any atom is 0.161 e. The summed E-state index contributed by atoms with van der Waals surface area (Å²) >= 11 is 0. The predicted octanol–water partition coefficient (Wildman–Crippen LogP) is 3.19. The molecule has 1 rings (SSSR count). The molecule has 0 aromatic heterocycles. The first kappa shape index (κ1) is 9.30. The molecule has 1 aliphatic rings. The van der Waals surface area contributed by atoms with E-state index in [1.807, 2.05) is 13.0 Å². The minimum atomic E-state index is -0.199. The Morgan fingerprint density at radius 2 is 2.33 bits per heavy atom. The number of rotatable bonds is 3. The van der Waals surface area contributed by atoms with Crippen LogP contribution in [0.3, 0.4) is 0 Å². The number of allylic oxidation sites excluding steroid dienone is 3. The van der Waals surface area contributed by atoms with E-state index >= 15 is 0 Å². The van der Waals surface area contributed by atoms with Crippen LogP contribution < -0.4 is 0 Å². The first-order valence-corrected chi connectivity index (χ1v) is 4.48. The molecule has 1 atom stereocenters. The molecule has 0 fully saturated rings. The molecular formula is C10H15FO. The second-order valence-corrected chi connectivity index (χ2v) is 2.92. The molecule has 0 aromatic carbocycles. The summed E-state index contributed by atoms with van der Waals surface area (Å²) in [5, 5.41) is 0. The molecule has 0 saturated heterocycles. The SMILES string of the molecule is CCOC1=CCC(CC)C=C1F.